The molecule has 0 bridgehead atoms. The van der Waals surface area contributed by atoms with Gasteiger partial charge in [-0.25, -0.2) is 9.59 Å². The van der Waals surface area contributed by atoms with Gasteiger partial charge in [-0.2, -0.15) is 13.2 Å². The Morgan fingerprint density at radius 3 is 2.33 bits per heavy atom. The molecular formula is C14H17F3N2O5. The highest BCUT2D eigenvalue weighted by molar-refractivity contribution is 5.80. The van der Waals surface area contributed by atoms with Gasteiger partial charge in [0.2, 0.25) is 0 Å². The maximum absolute atomic E-state index is 12.9. The summed E-state index contributed by atoms with van der Waals surface area (Å²) in [5.41, 5.74) is -3.16. The zero-order chi connectivity index (χ0) is 18.7. The number of aromatic nitrogens is 1. The average molecular weight is 350 g/mol. The third kappa shape index (κ3) is 5.37. The fourth-order valence-electron chi connectivity index (χ4n) is 1.76. The lowest BCUT2D eigenvalue weighted by atomic mass is 10.0. The van der Waals surface area contributed by atoms with Gasteiger partial charge in [0.25, 0.3) is 0 Å². The number of rotatable bonds is 4. The number of alkyl halides is 3. The van der Waals surface area contributed by atoms with Gasteiger partial charge >= 0.3 is 18.2 Å². The van der Waals surface area contributed by atoms with E-state index in [-0.39, 0.29) is 0 Å². The molecule has 0 aromatic carbocycles. The SMILES string of the molecule is CC(C)(C)OC(=O)N[C@H](C(=O)O)[C@H](O)c1ncccc1C(F)(F)F. The van der Waals surface area contributed by atoms with E-state index >= 15 is 0 Å². The monoisotopic (exact) mass is 350 g/mol. The van der Waals surface area contributed by atoms with Crippen LogP contribution in [-0.4, -0.2) is 38.9 Å². The van der Waals surface area contributed by atoms with Crippen LogP contribution >= 0.6 is 0 Å². The Kier molecular flexibility index (Phi) is 5.77. The molecule has 10 heteroatoms. The van der Waals surface area contributed by atoms with Crippen LogP contribution in [0.25, 0.3) is 0 Å². The van der Waals surface area contributed by atoms with Gasteiger partial charge in [0, 0.05) is 6.20 Å². The Hall–Kier alpha value is -2.36. The highest BCUT2D eigenvalue weighted by Crippen LogP contribution is 2.34. The molecule has 1 rings (SSSR count). The number of aliphatic hydroxyl groups is 1. The summed E-state index contributed by atoms with van der Waals surface area (Å²) < 4.78 is 43.7. The Labute approximate surface area is 135 Å². The third-order valence-corrected chi connectivity index (χ3v) is 2.68. The predicted molar refractivity (Wildman–Crippen MR) is 75.0 cm³/mol. The number of hydrogen-bond acceptors (Lipinski definition) is 5. The van der Waals surface area contributed by atoms with E-state index in [2.05, 4.69) is 4.98 Å². The molecule has 0 fully saturated rings. The molecule has 24 heavy (non-hydrogen) atoms. The number of carboxylic acid groups (broad SMARTS) is 1. The van der Waals surface area contributed by atoms with Crippen LogP contribution in [0.1, 0.15) is 38.1 Å². The van der Waals surface area contributed by atoms with Crippen molar-refractivity contribution in [2.24, 2.45) is 0 Å². The van der Waals surface area contributed by atoms with Crippen molar-refractivity contribution in [2.75, 3.05) is 0 Å². The number of alkyl carbamates (subject to hydrolysis) is 1. The standard InChI is InChI=1S/C14H17F3N2O5/c1-13(2,3)24-12(23)19-9(11(21)22)10(20)8-7(14(15,16)17)5-4-6-18-8/h4-6,9-10,20H,1-3H3,(H,19,23)(H,21,22)/t9-,10+/m0/s1. The summed E-state index contributed by atoms with van der Waals surface area (Å²) in [7, 11) is 0. The highest BCUT2D eigenvalue weighted by Gasteiger charge is 2.40. The number of hydrogen-bond donors (Lipinski definition) is 3. The van der Waals surface area contributed by atoms with E-state index in [1.807, 2.05) is 5.32 Å². The van der Waals surface area contributed by atoms with Gasteiger partial charge in [-0.15, -0.1) is 0 Å². The van der Waals surface area contributed by atoms with E-state index in [9.17, 15) is 27.9 Å². The molecule has 7 nitrogen and oxygen atoms in total. The van der Waals surface area contributed by atoms with Crippen LogP contribution in [0.15, 0.2) is 18.3 Å². The largest absolute Gasteiger partial charge is 0.480 e. The lowest BCUT2D eigenvalue weighted by Crippen LogP contribution is -2.47. The Bertz CT molecular complexity index is 613. The molecule has 1 amide bonds. The van der Waals surface area contributed by atoms with Crippen molar-refractivity contribution in [3.63, 3.8) is 0 Å². The number of aliphatic hydroxyl groups excluding tert-OH is 1. The summed E-state index contributed by atoms with van der Waals surface area (Å²) in [5.74, 6) is -1.74. The second kappa shape index (κ2) is 7.04. The van der Waals surface area contributed by atoms with Gasteiger partial charge in [0.15, 0.2) is 6.04 Å². The van der Waals surface area contributed by atoms with E-state index in [1.165, 1.54) is 20.8 Å². The molecule has 0 spiro atoms. The second-order valence-electron chi connectivity index (χ2n) is 5.84. The number of ether oxygens (including phenoxy) is 1. The summed E-state index contributed by atoms with van der Waals surface area (Å²) in [6.07, 6.45) is -7.30. The molecule has 0 aliphatic heterocycles. The van der Waals surface area contributed by atoms with Crippen LogP contribution in [0, 0.1) is 0 Å². The summed E-state index contributed by atoms with van der Waals surface area (Å²) in [5, 5.41) is 21.0. The van der Waals surface area contributed by atoms with Crippen molar-refractivity contribution in [1.29, 1.82) is 0 Å². The van der Waals surface area contributed by atoms with Crippen molar-refractivity contribution < 1.29 is 37.7 Å². The van der Waals surface area contributed by atoms with Crippen molar-refractivity contribution in [3.8, 4) is 0 Å². The molecule has 1 heterocycles. The smallest absolute Gasteiger partial charge is 0.418 e. The molecule has 0 radical (unpaired) electrons. The van der Waals surface area contributed by atoms with Gasteiger partial charge < -0.3 is 20.3 Å². The fraction of sp³-hybridized carbons (Fsp3) is 0.500. The average Bonchev–Trinajstić information content (AvgIpc) is 2.41. The molecule has 0 aliphatic rings. The van der Waals surface area contributed by atoms with Crippen LogP contribution in [0.3, 0.4) is 0 Å². The second-order valence-corrected chi connectivity index (χ2v) is 5.84. The van der Waals surface area contributed by atoms with E-state index in [4.69, 9.17) is 9.84 Å². The van der Waals surface area contributed by atoms with Gasteiger partial charge in [-0.05, 0) is 32.9 Å². The van der Waals surface area contributed by atoms with E-state index in [0.717, 1.165) is 12.3 Å². The maximum Gasteiger partial charge on any atom is 0.418 e. The van der Waals surface area contributed by atoms with Crippen LogP contribution in [-0.2, 0) is 15.7 Å². The fourth-order valence-corrected chi connectivity index (χ4v) is 1.76. The van der Waals surface area contributed by atoms with Crippen molar-refractivity contribution in [1.82, 2.24) is 10.3 Å². The van der Waals surface area contributed by atoms with Crippen LogP contribution in [0.5, 0.6) is 0 Å². The van der Waals surface area contributed by atoms with Crippen molar-refractivity contribution in [2.45, 2.75) is 44.7 Å². The Morgan fingerprint density at radius 2 is 1.88 bits per heavy atom. The first-order valence-corrected chi connectivity index (χ1v) is 6.75. The summed E-state index contributed by atoms with van der Waals surface area (Å²) in [6.45, 7) is 4.54. The molecule has 134 valence electrons. The number of carbonyl (C=O) groups excluding carboxylic acids is 1. The number of carboxylic acids is 1. The minimum atomic E-state index is -4.85. The summed E-state index contributed by atoms with van der Waals surface area (Å²) in [6, 6.07) is -0.426. The number of nitrogens with one attached hydrogen (secondary N) is 1. The molecule has 3 N–H and O–H groups in total. The number of carbonyl (C=O) groups is 2. The minimum Gasteiger partial charge on any atom is -0.480 e. The Balaban J connectivity index is 3.11. The topological polar surface area (TPSA) is 109 Å². The molecule has 1 aromatic heterocycles. The molecule has 0 saturated carbocycles. The first kappa shape index (κ1) is 19.7. The zero-order valence-electron chi connectivity index (χ0n) is 13.1. The first-order chi connectivity index (χ1) is 10.8. The summed E-state index contributed by atoms with van der Waals surface area (Å²) >= 11 is 0. The van der Waals surface area contributed by atoms with Crippen LogP contribution in [0.4, 0.5) is 18.0 Å². The molecule has 0 unspecified atom stereocenters. The lowest BCUT2D eigenvalue weighted by Gasteiger charge is -2.25. The number of amides is 1. The molecule has 0 aliphatic carbocycles. The van der Waals surface area contributed by atoms with Gasteiger partial charge in [0.05, 0.1) is 11.3 Å². The highest BCUT2D eigenvalue weighted by atomic mass is 19.4. The number of aliphatic carboxylic acids is 1. The molecular weight excluding hydrogens is 333 g/mol. The third-order valence-electron chi connectivity index (χ3n) is 2.68. The van der Waals surface area contributed by atoms with E-state index in [0.29, 0.717) is 6.07 Å². The molecule has 0 saturated heterocycles. The Morgan fingerprint density at radius 1 is 1.29 bits per heavy atom. The maximum atomic E-state index is 12.9. The van der Waals surface area contributed by atoms with E-state index in [1.54, 1.807) is 0 Å². The normalized spacial score (nSPS) is 14.6. The van der Waals surface area contributed by atoms with Crippen LogP contribution < -0.4 is 5.32 Å². The molecule has 1 aromatic rings. The first-order valence-electron chi connectivity index (χ1n) is 6.75. The number of halogens is 3. The van der Waals surface area contributed by atoms with Crippen molar-refractivity contribution >= 4 is 12.1 Å². The predicted octanol–water partition coefficient (Wildman–Crippen LogP) is 2.11. The van der Waals surface area contributed by atoms with E-state index < -0.39 is 47.2 Å². The van der Waals surface area contributed by atoms with Gasteiger partial charge in [-0.3, -0.25) is 4.98 Å². The van der Waals surface area contributed by atoms with Gasteiger partial charge in [0.1, 0.15) is 11.7 Å². The lowest BCUT2D eigenvalue weighted by molar-refractivity contribution is -0.145. The van der Waals surface area contributed by atoms with Crippen molar-refractivity contribution in [3.05, 3.63) is 29.6 Å². The number of pyridine rings is 1. The zero-order valence-corrected chi connectivity index (χ0v) is 13.1. The minimum absolute atomic E-state index is 0.651. The number of nitrogens with zero attached hydrogens (tertiary/aromatic N) is 1. The van der Waals surface area contributed by atoms with Crippen LogP contribution in [0.2, 0.25) is 0 Å². The summed E-state index contributed by atoms with van der Waals surface area (Å²) in [4.78, 5) is 26.3. The van der Waals surface area contributed by atoms with Gasteiger partial charge in [-0.1, -0.05) is 0 Å². The quantitative estimate of drug-likeness (QED) is 0.767. The molecule has 2 atom stereocenters.